The number of ether oxygens (including phenoxy) is 1. The smallest absolute Gasteiger partial charge is 0.0944 e. The molecule has 0 N–H and O–H groups in total. The van der Waals surface area contributed by atoms with Gasteiger partial charge in [-0.25, -0.2) is 0 Å². The molecule has 0 aromatic heterocycles. The maximum Gasteiger partial charge on any atom is 0.0944 e. The maximum absolute atomic E-state index is 7.95. The molecule has 0 unspecified atom stereocenters. The Bertz CT molecular complexity index is 102. The molecule has 0 spiro atoms. The lowest BCUT2D eigenvalue weighted by atomic mass is 10.5. The number of rotatable bonds is 3. The minimum atomic E-state index is 0.693. The SMILES string of the molecule is CCCO/C=C/C#N. The second-order valence-corrected chi connectivity index (χ2v) is 1.30. The Hall–Kier alpha value is -0.970. The van der Waals surface area contributed by atoms with Gasteiger partial charge in [0.25, 0.3) is 0 Å². The second kappa shape index (κ2) is 6.03. The van der Waals surface area contributed by atoms with Crippen LogP contribution in [0.5, 0.6) is 0 Å². The van der Waals surface area contributed by atoms with Crippen molar-refractivity contribution in [1.29, 1.82) is 5.26 Å². The fourth-order valence-corrected chi connectivity index (χ4v) is 0.264. The first kappa shape index (κ1) is 7.03. The number of nitriles is 1. The third-order valence-corrected chi connectivity index (χ3v) is 0.561. The Balaban J connectivity index is 2.94. The lowest BCUT2D eigenvalue weighted by Crippen LogP contribution is -1.80. The van der Waals surface area contributed by atoms with Gasteiger partial charge >= 0.3 is 0 Å². The van der Waals surface area contributed by atoms with Gasteiger partial charge in [-0.1, -0.05) is 6.92 Å². The van der Waals surface area contributed by atoms with Crippen molar-refractivity contribution in [3.63, 3.8) is 0 Å². The molecule has 0 aromatic carbocycles. The van der Waals surface area contributed by atoms with Crippen LogP contribution < -0.4 is 0 Å². The van der Waals surface area contributed by atoms with Crippen LogP contribution in [-0.2, 0) is 4.74 Å². The standard InChI is InChI=1S/C6H9NO/c1-2-5-8-6-3-4-7/h3,6H,2,5H2,1H3/b6-3+. The van der Waals surface area contributed by atoms with Crippen LogP contribution in [0.1, 0.15) is 13.3 Å². The summed E-state index contributed by atoms with van der Waals surface area (Å²) in [6.45, 7) is 2.71. The van der Waals surface area contributed by atoms with E-state index < -0.39 is 0 Å². The minimum absolute atomic E-state index is 0.693. The molecule has 0 aliphatic carbocycles. The molecule has 0 fully saturated rings. The monoisotopic (exact) mass is 111 g/mol. The second-order valence-electron chi connectivity index (χ2n) is 1.30. The van der Waals surface area contributed by atoms with Crippen molar-refractivity contribution < 1.29 is 4.74 Å². The number of allylic oxidation sites excluding steroid dienone is 1. The summed E-state index contributed by atoms with van der Waals surface area (Å²) in [6, 6.07) is 1.82. The molecular weight excluding hydrogens is 102 g/mol. The van der Waals surface area contributed by atoms with E-state index >= 15 is 0 Å². The Morgan fingerprint density at radius 3 is 3.00 bits per heavy atom. The van der Waals surface area contributed by atoms with E-state index in [4.69, 9.17) is 10.00 Å². The van der Waals surface area contributed by atoms with Gasteiger partial charge in [-0.3, -0.25) is 0 Å². The van der Waals surface area contributed by atoms with Gasteiger partial charge in [-0.05, 0) is 6.42 Å². The predicted molar refractivity (Wildman–Crippen MR) is 31.0 cm³/mol. The minimum Gasteiger partial charge on any atom is -0.500 e. The van der Waals surface area contributed by atoms with Crippen LogP contribution in [0, 0.1) is 11.3 Å². The summed E-state index contributed by atoms with van der Waals surface area (Å²) in [5.74, 6) is 0. The highest BCUT2D eigenvalue weighted by Gasteiger charge is 1.71. The molecule has 0 aromatic rings. The molecule has 0 aliphatic rings. The fraction of sp³-hybridized carbons (Fsp3) is 0.500. The highest BCUT2D eigenvalue weighted by Crippen LogP contribution is 1.79. The average molecular weight is 111 g/mol. The summed E-state index contributed by atoms with van der Waals surface area (Å²) in [6.07, 6.45) is 3.70. The molecule has 2 heteroatoms. The first-order valence-corrected chi connectivity index (χ1v) is 2.58. The van der Waals surface area contributed by atoms with E-state index in [1.165, 1.54) is 12.3 Å². The summed E-state index contributed by atoms with van der Waals surface area (Å²) < 4.78 is 4.82. The number of nitrogens with zero attached hydrogens (tertiary/aromatic N) is 1. The third kappa shape index (κ3) is 5.03. The molecule has 0 saturated carbocycles. The van der Waals surface area contributed by atoms with E-state index in [9.17, 15) is 0 Å². The first-order chi connectivity index (χ1) is 3.91. The molecular formula is C6H9NO. The number of hydrogen-bond donors (Lipinski definition) is 0. The van der Waals surface area contributed by atoms with Crippen molar-refractivity contribution in [2.45, 2.75) is 13.3 Å². The van der Waals surface area contributed by atoms with Crippen molar-refractivity contribution in [3.8, 4) is 6.07 Å². The Kier molecular flexibility index (Phi) is 5.30. The third-order valence-electron chi connectivity index (χ3n) is 0.561. The highest BCUT2D eigenvalue weighted by atomic mass is 16.5. The van der Waals surface area contributed by atoms with Crippen LogP contribution in [-0.4, -0.2) is 6.61 Å². The summed E-state index contributed by atoms with van der Waals surface area (Å²) in [4.78, 5) is 0. The van der Waals surface area contributed by atoms with Crippen LogP contribution >= 0.6 is 0 Å². The molecule has 8 heavy (non-hydrogen) atoms. The molecule has 2 nitrogen and oxygen atoms in total. The topological polar surface area (TPSA) is 33.0 Å². The lowest BCUT2D eigenvalue weighted by molar-refractivity contribution is 0.250. The van der Waals surface area contributed by atoms with Gasteiger partial charge in [-0.15, -0.1) is 0 Å². The normalized spacial score (nSPS) is 9.00. The zero-order chi connectivity index (χ0) is 6.24. The van der Waals surface area contributed by atoms with Crippen molar-refractivity contribution in [1.82, 2.24) is 0 Å². The van der Waals surface area contributed by atoms with Gasteiger partial charge in [0.05, 0.1) is 25.0 Å². The highest BCUT2D eigenvalue weighted by molar-refractivity contribution is 4.97. The van der Waals surface area contributed by atoms with Crippen molar-refractivity contribution in [2.75, 3.05) is 6.61 Å². The Morgan fingerprint density at radius 2 is 2.50 bits per heavy atom. The molecule has 0 saturated heterocycles. The van der Waals surface area contributed by atoms with Crippen LogP contribution in [0.25, 0.3) is 0 Å². The van der Waals surface area contributed by atoms with Crippen LogP contribution in [0.15, 0.2) is 12.3 Å². The van der Waals surface area contributed by atoms with E-state index in [1.54, 1.807) is 0 Å². The molecule has 0 amide bonds. The van der Waals surface area contributed by atoms with Gasteiger partial charge in [0.15, 0.2) is 0 Å². The number of hydrogen-bond acceptors (Lipinski definition) is 2. The summed E-state index contributed by atoms with van der Waals surface area (Å²) >= 11 is 0. The summed E-state index contributed by atoms with van der Waals surface area (Å²) in [5.41, 5.74) is 0. The van der Waals surface area contributed by atoms with Gasteiger partial charge in [0.2, 0.25) is 0 Å². The maximum atomic E-state index is 7.95. The molecule has 0 aliphatic heterocycles. The Morgan fingerprint density at radius 1 is 1.75 bits per heavy atom. The molecule has 0 radical (unpaired) electrons. The van der Waals surface area contributed by atoms with Crippen molar-refractivity contribution in [2.24, 2.45) is 0 Å². The lowest BCUT2D eigenvalue weighted by Gasteiger charge is -1.91. The molecule has 0 bridgehead atoms. The van der Waals surface area contributed by atoms with Crippen molar-refractivity contribution >= 4 is 0 Å². The fourth-order valence-electron chi connectivity index (χ4n) is 0.264. The van der Waals surface area contributed by atoms with Gasteiger partial charge in [0.1, 0.15) is 0 Å². The van der Waals surface area contributed by atoms with Gasteiger partial charge in [-0.2, -0.15) is 5.26 Å². The molecule has 0 atom stereocenters. The zero-order valence-corrected chi connectivity index (χ0v) is 4.92. The molecule has 0 heterocycles. The Labute approximate surface area is 49.4 Å². The van der Waals surface area contributed by atoms with Crippen LogP contribution in [0.3, 0.4) is 0 Å². The van der Waals surface area contributed by atoms with E-state index in [2.05, 4.69) is 0 Å². The first-order valence-electron chi connectivity index (χ1n) is 2.58. The largest absolute Gasteiger partial charge is 0.500 e. The van der Waals surface area contributed by atoms with Crippen molar-refractivity contribution in [3.05, 3.63) is 12.3 Å². The van der Waals surface area contributed by atoms with E-state index in [0.29, 0.717) is 6.61 Å². The average Bonchev–Trinajstić information content (AvgIpc) is 1.81. The van der Waals surface area contributed by atoms with Gasteiger partial charge in [0, 0.05) is 0 Å². The quantitative estimate of drug-likeness (QED) is 0.313. The van der Waals surface area contributed by atoms with E-state index in [0.717, 1.165) is 6.42 Å². The summed E-state index contributed by atoms with van der Waals surface area (Å²) in [7, 11) is 0. The van der Waals surface area contributed by atoms with E-state index in [1.807, 2.05) is 13.0 Å². The van der Waals surface area contributed by atoms with Gasteiger partial charge < -0.3 is 4.74 Å². The summed E-state index contributed by atoms with van der Waals surface area (Å²) in [5, 5.41) is 7.95. The molecule has 0 rings (SSSR count). The van der Waals surface area contributed by atoms with E-state index in [-0.39, 0.29) is 0 Å². The van der Waals surface area contributed by atoms with Crippen LogP contribution in [0.4, 0.5) is 0 Å². The van der Waals surface area contributed by atoms with Crippen LogP contribution in [0.2, 0.25) is 0 Å². The zero-order valence-electron chi connectivity index (χ0n) is 4.92. The predicted octanol–water partition coefficient (Wildman–Crippen LogP) is 1.45. The molecule has 44 valence electrons.